The van der Waals surface area contributed by atoms with E-state index >= 15 is 0 Å². The number of alkyl halides is 1. The molecule has 10 aliphatic rings. The minimum atomic E-state index is -1.13. The fourth-order valence-corrected chi connectivity index (χ4v) is 21.6. The van der Waals surface area contributed by atoms with Crippen molar-refractivity contribution in [1.29, 1.82) is 0 Å². The first-order valence-corrected chi connectivity index (χ1v) is 48.3. The molecule has 4 aliphatic carbocycles. The van der Waals surface area contributed by atoms with Crippen LogP contribution in [0.5, 0.6) is 34.9 Å². The van der Waals surface area contributed by atoms with Crippen molar-refractivity contribution in [2.24, 2.45) is 70.0 Å². The van der Waals surface area contributed by atoms with Crippen LogP contribution in [0.2, 0.25) is 0 Å². The predicted octanol–water partition coefficient (Wildman–Crippen LogP) is 16.2. The number of carbonyl (C=O) groups excluding carboxylic acids is 9. The summed E-state index contributed by atoms with van der Waals surface area (Å²) in [5.74, 6) is -0.927. The van der Waals surface area contributed by atoms with Gasteiger partial charge in [0.2, 0.25) is 35.4 Å². The van der Waals surface area contributed by atoms with Crippen LogP contribution in [0.1, 0.15) is 224 Å². The summed E-state index contributed by atoms with van der Waals surface area (Å²) in [6.07, 6.45) is 21.3. The second-order valence-corrected chi connectivity index (χ2v) is 41.2. The zero-order valence-electron chi connectivity index (χ0n) is 80.5. The molecule has 8 aromatic rings. The smallest absolute Gasteiger partial charge is 0.307 e. The average molecular weight is 1990 g/mol. The molecule has 31 heteroatoms. The molecular weight excluding hydrogens is 1860 g/mol. The van der Waals surface area contributed by atoms with Gasteiger partial charge in [0.05, 0.1) is 118 Å². The number of fused-ring (bicyclic) bond motifs is 17. The summed E-state index contributed by atoms with van der Waals surface area (Å²) in [5, 5.41) is 0. The molecular formula is C106H127FN9O18V3-3. The van der Waals surface area contributed by atoms with E-state index in [-0.39, 0.29) is 154 Å². The van der Waals surface area contributed by atoms with Gasteiger partial charge >= 0.3 is 17.9 Å². The Bertz CT molecular complexity index is 5620. The number of aromatic nitrogens is 6. The molecule has 7 fully saturated rings. The largest absolute Gasteiger partial charge is 0.540 e. The Kier molecular flexibility index (Phi) is 34.7. The Balaban J connectivity index is 0.000000172. The Labute approximate surface area is 837 Å². The van der Waals surface area contributed by atoms with Crippen LogP contribution in [-0.2, 0) is 132 Å². The SMILES string of the molecule is COc1ccc2nc3c(nc2c1)O[C@H]1CN(C(=O)[C@H](C(C)(C)C)CC(=O)O[C@@H]2C[C@H]2CCCCC3)[C@H]([C-]=O)[C@@H]1c1ccccc1.COc1ccc2nc3c(nc2c1)O[C@H]1CN(C(=O)[C@H](C(C)(C)C)CC(=O)O[C@]2(C)C[C@H]2CCCCC3)[C@H]([C-]=O)[C@@H]1c1ccccc1.COc1ccc2nc3c(nc2c1)O[C@H]1CN(C(=O)[C@H](C(C)C)CC(=O)O[C@@H]2CC4CC4[C@H]2CCCCC3)[C@H]([C-]=O)[C@@H]1CF.[V].[V].[V]. The van der Waals surface area contributed by atoms with Crippen LogP contribution >= 0.6 is 0 Å². The first-order valence-electron chi connectivity index (χ1n) is 48.3. The average Bonchev–Trinajstić information content (AvgIpc) is 1.61. The van der Waals surface area contributed by atoms with Crippen molar-refractivity contribution in [2.45, 2.75) is 270 Å². The third-order valence-corrected chi connectivity index (χ3v) is 29.8. The molecule has 2 unspecified atom stereocenters. The molecule has 6 aliphatic heterocycles. The third kappa shape index (κ3) is 24.0. The number of rotatable bonds is 10. The van der Waals surface area contributed by atoms with E-state index in [1.807, 2.05) is 178 Å². The molecule has 9 heterocycles. The summed E-state index contributed by atoms with van der Waals surface area (Å²) in [7, 11) is 4.80. The number of nitrogens with zero attached hydrogens (tertiary/aromatic N) is 9. The number of hydrogen-bond donors (Lipinski definition) is 0. The summed E-state index contributed by atoms with van der Waals surface area (Å²) >= 11 is 0. The Morgan fingerprint density at radius 3 is 1.28 bits per heavy atom. The molecule has 5 aromatic carbocycles. The molecule has 3 saturated heterocycles. The van der Waals surface area contributed by atoms with Gasteiger partial charge in [0.25, 0.3) is 0 Å². The quantitative estimate of drug-likeness (QED) is 0.0697. The molecule has 0 N–H and O–H groups in total. The van der Waals surface area contributed by atoms with Gasteiger partial charge in [-0.05, 0) is 178 Å². The van der Waals surface area contributed by atoms with Gasteiger partial charge in [-0.1, -0.05) is 173 Å². The Hall–Kier alpha value is -9.57. The maximum absolute atomic E-state index is 14.5. The predicted molar refractivity (Wildman–Crippen MR) is 498 cm³/mol. The minimum absolute atomic E-state index is 0. The molecule has 27 nitrogen and oxygen atoms in total. The van der Waals surface area contributed by atoms with Crippen LogP contribution in [0.4, 0.5) is 4.39 Å². The van der Waals surface area contributed by atoms with E-state index in [2.05, 4.69) is 12.6 Å². The number of ether oxygens (including phenoxy) is 9. The van der Waals surface area contributed by atoms with Gasteiger partial charge in [-0.25, -0.2) is 48.8 Å². The van der Waals surface area contributed by atoms with E-state index in [0.717, 1.165) is 130 Å². The van der Waals surface area contributed by atoms with Gasteiger partial charge in [0.15, 0.2) is 0 Å². The summed E-state index contributed by atoms with van der Waals surface area (Å²) in [5.41, 5.74) is 6.34. The van der Waals surface area contributed by atoms with E-state index in [9.17, 15) is 47.5 Å². The van der Waals surface area contributed by atoms with Crippen molar-refractivity contribution >= 4 is 87.6 Å². The van der Waals surface area contributed by atoms with E-state index in [0.29, 0.717) is 106 Å². The number of benzene rings is 5. The number of carbonyl (C=O) groups is 6. The monoisotopic (exact) mass is 1990 g/mol. The number of aryl methyl sites for hydroxylation is 3. The van der Waals surface area contributed by atoms with Crippen LogP contribution in [-0.4, -0.2) is 201 Å². The maximum atomic E-state index is 14.5. The van der Waals surface area contributed by atoms with Gasteiger partial charge in [-0.15, -0.1) is 0 Å². The van der Waals surface area contributed by atoms with Crippen molar-refractivity contribution < 1.29 is 146 Å². The molecule has 3 radical (unpaired) electrons. The molecule has 18 rings (SSSR count). The second kappa shape index (κ2) is 45.4. The first kappa shape index (κ1) is 105. The van der Waals surface area contributed by atoms with Crippen molar-refractivity contribution in [3.05, 3.63) is 143 Å². The van der Waals surface area contributed by atoms with Gasteiger partial charge in [0.1, 0.15) is 70.5 Å². The molecule has 729 valence electrons. The molecule has 20 atom stereocenters. The molecule has 4 saturated carbocycles. The van der Waals surface area contributed by atoms with Crippen molar-refractivity contribution in [3.63, 3.8) is 0 Å². The van der Waals surface area contributed by atoms with Crippen molar-refractivity contribution in [3.8, 4) is 34.9 Å². The summed E-state index contributed by atoms with van der Waals surface area (Å²) in [6.45, 7) is 16.8. The van der Waals surface area contributed by atoms with Crippen molar-refractivity contribution in [1.82, 2.24) is 44.6 Å². The fourth-order valence-electron chi connectivity index (χ4n) is 21.6. The zero-order chi connectivity index (χ0) is 94.6. The van der Waals surface area contributed by atoms with E-state index in [1.165, 1.54) is 11.3 Å². The number of hydrogen-bond acceptors (Lipinski definition) is 24. The van der Waals surface area contributed by atoms with E-state index < -0.39 is 95.1 Å². The zero-order valence-corrected chi connectivity index (χ0v) is 84.7. The standard InChI is InChI=1S/C37H44N3O6.C36H42N3O6.C33H41FN3O6.3V/c1-36(2,3)26-19-32(42)46-37(4)20-24(37)14-10-7-11-15-28-34(39-29-18-25(44-5)16-17-27(29)38-28)45-31-21-40(35(26)43)30(22-41)33(31)23-12-8-6-9-13-23;1-36(2,3)25-19-32(41)44-30-17-23(30)13-9-6-10-14-27-34(38-28-18-24(43-4)15-16-26(28)37-27)45-31-20-39(35(25)42)29(21-40)33(31)22-11-7-5-8-12-22;1-18(2)22-14-31(39)42-29-12-19-11-23(19)21(29)7-5-4-6-8-26-32(36-27-13-20(41-3)9-10-25(27)35-26)43-30-16-37(33(22)40)28(17-38)24(30)15-34;;;/h6,8-9,12-13,16-18,24,26,30-31,33H,7,10-11,14-15,19-21H2,1-5H3;5,7-8,11-12,15-16,18,23,25,29-31,33H,6,9-10,13-14,17,19-20H2,1-4H3;9-10,13,18-19,21-24,28-30H,4-8,11-12,14-16H2,1-3H3;;;/q3*-1;;;/t24-,26-,30-,31+,33+,37-;23-,25-,29-,30-,31+,33+;19?,21-,22+,23?,24+,28-,29-,30+;;;/m111.../s1. The normalized spacial score (nSPS) is 29.3. The summed E-state index contributed by atoms with van der Waals surface area (Å²) < 4.78 is 68.6. The Morgan fingerprint density at radius 1 is 0.438 bits per heavy atom. The molecule has 3 aromatic heterocycles. The number of esters is 3. The second-order valence-electron chi connectivity index (χ2n) is 41.2. The number of halogens is 1. The van der Waals surface area contributed by atoms with Crippen LogP contribution in [0.15, 0.2) is 115 Å². The molecule has 6 bridgehead atoms. The fraction of sp³-hybridized carbons (Fsp3) is 0.575. The van der Waals surface area contributed by atoms with Crippen LogP contribution < -0.4 is 28.4 Å². The molecule has 137 heavy (non-hydrogen) atoms. The van der Waals surface area contributed by atoms with Gasteiger partial charge < -0.3 is 71.7 Å². The summed E-state index contributed by atoms with van der Waals surface area (Å²) in [6, 6.07) is 32.9. The van der Waals surface area contributed by atoms with Crippen LogP contribution in [0, 0.1) is 70.0 Å². The minimum Gasteiger partial charge on any atom is -0.540 e. The Morgan fingerprint density at radius 2 is 0.847 bits per heavy atom. The molecule has 3 amide bonds. The number of amides is 3. The maximum Gasteiger partial charge on any atom is 0.307 e. The van der Waals surface area contributed by atoms with E-state index in [1.54, 1.807) is 37.2 Å². The van der Waals surface area contributed by atoms with Crippen LogP contribution in [0.25, 0.3) is 33.1 Å². The van der Waals surface area contributed by atoms with Crippen LogP contribution in [0.3, 0.4) is 0 Å². The first-order chi connectivity index (χ1) is 64.5. The van der Waals surface area contributed by atoms with Gasteiger partial charge in [-0.3, -0.25) is 33.2 Å². The van der Waals surface area contributed by atoms with Crippen molar-refractivity contribution in [2.75, 3.05) is 47.6 Å². The number of methoxy groups -OCH3 is 3. The third-order valence-electron chi connectivity index (χ3n) is 29.8. The molecule has 0 spiro atoms. The van der Waals surface area contributed by atoms with E-state index in [4.69, 9.17) is 72.5 Å². The summed E-state index contributed by atoms with van der Waals surface area (Å²) in [4.78, 5) is 154. The van der Waals surface area contributed by atoms with Gasteiger partial charge in [-0.2, -0.15) is 0 Å². The van der Waals surface area contributed by atoms with Gasteiger partial charge in [0, 0.05) is 97.5 Å². The topological polar surface area (TPSA) is 324 Å².